The summed E-state index contributed by atoms with van der Waals surface area (Å²) in [6.45, 7) is 0.755. The van der Waals surface area contributed by atoms with Gasteiger partial charge in [0.25, 0.3) is 0 Å². The molecule has 0 atom stereocenters. The second-order valence-electron chi connectivity index (χ2n) is 6.09. The lowest BCUT2D eigenvalue weighted by Crippen LogP contribution is -2.32. The van der Waals surface area contributed by atoms with Crippen molar-refractivity contribution in [2.24, 2.45) is 0 Å². The first-order valence-corrected chi connectivity index (χ1v) is 8.93. The number of carbonyl (C=O) groups is 2. The summed E-state index contributed by atoms with van der Waals surface area (Å²) in [5.41, 5.74) is 1.90. The van der Waals surface area contributed by atoms with Gasteiger partial charge < -0.3 is 24.8 Å². The molecular weight excluding hydrogens is 360 g/mol. The molecule has 150 valence electrons. The van der Waals surface area contributed by atoms with Crippen LogP contribution in [0.1, 0.15) is 17.5 Å². The van der Waals surface area contributed by atoms with Crippen molar-refractivity contribution in [3.05, 3.63) is 53.6 Å². The normalized spacial score (nSPS) is 10.1. The van der Waals surface area contributed by atoms with Crippen LogP contribution < -0.4 is 24.8 Å². The van der Waals surface area contributed by atoms with Crippen molar-refractivity contribution in [3.8, 4) is 17.2 Å². The molecule has 0 spiro atoms. The summed E-state index contributed by atoms with van der Waals surface area (Å²) in [7, 11) is 4.73. The molecule has 7 heteroatoms. The highest BCUT2D eigenvalue weighted by atomic mass is 16.5. The zero-order chi connectivity index (χ0) is 20.4. The Balaban J connectivity index is 1.72. The summed E-state index contributed by atoms with van der Waals surface area (Å²) >= 11 is 0. The summed E-state index contributed by atoms with van der Waals surface area (Å²) in [6.07, 6.45) is 0.446. The number of hydrogen-bond acceptors (Lipinski definition) is 5. The maximum atomic E-state index is 12.0. The summed E-state index contributed by atoms with van der Waals surface area (Å²) in [6, 6.07) is 13.0. The molecule has 0 unspecified atom stereocenters. The SMILES string of the molecule is COc1cccc(CCNC(=O)CC(=O)NCc2ccc(OC)c(OC)c2)c1. The van der Waals surface area contributed by atoms with Gasteiger partial charge in [-0.1, -0.05) is 18.2 Å². The molecule has 0 bridgehead atoms. The number of amides is 2. The molecule has 2 amide bonds. The number of carbonyl (C=O) groups excluding carboxylic acids is 2. The molecule has 0 radical (unpaired) electrons. The Hall–Kier alpha value is -3.22. The topological polar surface area (TPSA) is 85.9 Å². The molecular formula is C21H26N2O5. The first-order valence-electron chi connectivity index (χ1n) is 8.93. The second-order valence-corrected chi connectivity index (χ2v) is 6.09. The van der Waals surface area contributed by atoms with Gasteiger partial charge in [0.1, 0.15) is 12.2 Å². The van der Waals surface area contributed by atoms with Crippen molar-refractivity contribution in [2.45, 2.75) is 19.4 Å². The molecule has 7 nitrogen and oxygen atoms in total. The number of nitrogens with one attached hydrogen (secondary N) is 2. The Kier molecular flexibility index (Phi) is 8.14. The van der Waals surface area contributed by atoms with E-state index >= 15 is 0 Å². The van der Waals surface area contributed by atoms with Crippen LogP contribution in [0.4, 0.5) is 0 Å². The van der Waals surface area contributed by atoms with Gasteiger partial charge in [0.05, 0.1) is 21.3 Å². The molecule has 2 N–H and O–H groups in total. The van der Waals surface area contributed by atoms with Crippen LogP contribution in [0.25, 0.3) is 0 Å². The lowest BCUT2D eigenvalue weighted by molar-refractivity contribution is -0.129. The van der Waals surface area contributed by atoms with Crippen LogP contribution >= 0.6 is 0 Å². The van der Waals surface area contributed by atoms with Crippen LogP contribution in [0.15, 0.2) is 42.5 Å². The maximum Gasteiger partial charge on any atom is 0.229 e. The molecule has 0 saturated carbocycles. The number of methoxy groups -OCH3 is 3. The summed E-state index contributed by atoms with van der Waals surface area (Å²) in [5, 5.41) is 5.48. The predicted octanol–water partition coefficient (Wildman–Crippen LogP) is 2.08. The van der Waals surface area contributed by atoms with E-state index in [1.54, 1.807) is 33.5 Å². The van der Waals surface area contributed by atoms with Gasteiger partial charge in [-0.25, -0.2) is 0 Å². The molecule has 0 heterocycles. The summed E-state index contributed by atoms with van der Waals surface area (Å²) in [4.78, 5) is 23.9. The van der Waals surface area contributed by atoms with Crippen molar-refractivity contribution in [1.29, 1.82) is 0 Å². The van der Waals surface area contributed by atoms with Crippen LogP contribution in [-0.2, 0) is 22.6 Å². The largest absolute Gasteiger partial charge is 0.497 e. The number of ether oxygens (including phenoxy) is 3. The molecule has 0 fully saturated rings. The van der Waals surface area contributed by atoms with Crippen LogP contribution in [0, 0.1) is 0 Å². The Morgan fingerprint density at radius 1 is 0.821 bits per heavy atom. The maximum absolute atomic E-state index is 12.0. The highest BCUT2D eigenvalue weighted by Gasteiger charge is 2.10. The van der Waals surface area contributed by atoms with E-state index < -0.39 is 0 Å². The van der Waals surface area contributed by atoms with Gasteiger partial charge in [-0.15, -0.1) is 0 Å². The molecule has 0 aliphatic heterocycles. The predicted molar refractivity (Wildman–Crippen MR) is 106 cm³/mol. The molecule has 2 aromatic rings. The highest BCUT2D eigenvalue weighted by Crippen LogP contribution is 2.27. The van der Waals surface area contributed by atoms with E-state index in [1.807, 2.05) is 30.3 Å². The van der Waals surface area contributed by atoms with E-state index in [0.717, 1.165) is 16.9 Å². The Morgan fingerprint density at radius 2 is 1.57 bits per heavy atom. The van der Waals surface area contributed by atoms with Crippen molar-refractivity contribution in [1.82, 2.24) is 10.6 Å². The first kappa shape index (κ1) is 21.1. The average Bonchev–Trinajstić information content (AvgIpc) is 2.72. The minimum Gasteiger partial charge on any atom is -0.497 e. The molecule has 0 aliphatic rings. The second kappa shape index (κ2) is 10.8. The lowest BCUT2D eigenvalue weighted by atomic mass is 10.1. The van der Waals surface area contributed by atoms with Gasteiger partial charge >= 0.3 is 0 Å². The average molecular weight is 386 g/mol. The first-order chi connectivity index (χ1) is 13.5. The van der Waals surface area contributed by atoms with Crippen LogP contribution in [-0.4, -0.2) is 39.7 Å². The van der Waals surface area contributed by atoms with Crippen LogP contribution in [0.3, 0.4) is 0 Å². The smallest absolute Gasteiger partial charge is 0.229 e. The molecule has 2 aromatic carbocycles. The van der Waals surface area contributed by atoms with Gasteiger partial charge in [0.2, 0.25) is 11.8 Å². The standard InChI is InChI=1S/C21H26N2O5/c1-26-17-6-4-5-15(11-17)9-10-22-20(24)13-21(25)23-14-16-7-8-18(27-2)19(12-16)28-3/h4-8,11-12H,9-10,13-14H2,1-3H3,(H,22,24)(H,23,25). The molecule has 0 aliphatic carbocycles. The van der Waals surface area contributed by atoms with E-state index in [1.165, 1.54) is 0 Å². The van der Waals surface area contributed by atoms with Gasteiger partial charge in [-0.2, -0.15) is 0 Å². The zero-order valence-corrected chi connectivity index (χ0v) is 16.4. The zero-order valence-electron chi connectivity index (χ0n) is 16.4. The molecule has 0 saturated heterocycles. The third kappa shape index (κ3) is 6.50. The third-order valence-electron chi connectivity index (χ3n) is 4.13. The minimum atomic E-state index is -0.339. The van der Waals surface area contributed by atoms with Crippen molar-refractivity contribution >= 4 is 11.8 Å². The van der Waals surface area contributed by atoms with E-state index in [-0.39, 0.29) is 18.2 Å². The fraction of sp³-hybridized carbons (Fsp3) is 0.333. The molecule has 0 aromatic heterocycles. The number of hydrogen-bond donors (Lipinski definition) is 2. The van der Waals surface area contributed by atoms with E-state index in [9.17, 15) is 9.59 Å². The molecule has 2 rings (SSSR count). The highest BCUT2D eigenvalue weighted by molar-refractivity contribution is 5.96. The Morgan fingerprint density at radius 3 is 2.29 bits per heavy atom. The number of rotatable bonds is 10. The van der Waals surface area contributed by atoms with E-state index in [4.69, 9.17) is 14.2 Å². The third-order valence-corrected chi connectivity index (χ3v) is 4.13. The molecule has 28 heavy (non-hydrogen) atoms. The van der Waals surface area contributed by atoms with E-state index in [2.05, 4.69) is 10.6 Å². The minimum absolute atomic E-state index is 0.217. The monoisotopic (exact) mass is 386 g/mol. The van der Waals surface area contributed by atoms with Gasteiger partial charge in [0.15, 0.2) is 11.5 Å². The Bertz CT molecular complexity index is 807. The lowest BCUT2D eigenvalue weighted by Gasteiger charge is -2.10. The summed E-state index contributed by atoms with van der Waals surface area (Å²) < 4.78 is 15.6. The van der Waals surface area contributed by atoms with Crippen molar-refractivity contribution in [2.75, 3.05) is 27.9 Å². The van der Waals surface area contributed by atoms with Crippen molar-refractivity contribution in [3.63, 3.8) is 0 Å². The fourth-order valence-electron chi connectivity index (χ4n) is 2.64. The van der Waals surface area contributed by atoms with E-state index in [0.29, 0.717) is 31.0 Å². The van der Waals surface area contributed by atoms with Crippen molar-refractivity contribution < 1.29 is 23.8 Å². The number of benzene rings is 2. The Labute approximate surface area is 165 Å². The van der Waals surface area contributed by atoms with Crippen LogP contribution in [0.5, 0.6) is 17.2 Å². The van der Waals surface area contributed by atoms with Gasteiger partial charge in [0, 0.05) is 13.1 Å². The van der Waals surface area contributed by atoms with Crippen LogP contribution in [0.2, 0.25) is 0 Å². The quantitative estimate of drug-likeness (QED) is 0.611. The summed E-state index contributed by atoms with van der Waals surface area (Å²) in [5.74, 6) is 1.33. The van der Waals surface area contributed by atoms with Gasteiger partial charge in [-0.3, -0.25) is 9.59 Å². The van der Waals surface area contributed by atoms with Gasteiger partial charge in [-0.05, 0) is 41.8 Å². The fourth-order valence-corrected chi connectivity index (χ4v) is 2.64.